The summed E-state index contributed by atoms with van der Waals surface area (Å²) in [7, 11) is 2.20. The van der Waals surface area contributed by atoms with E-state index >= 15 is 0 Å². The third-order valence-corrected chi connectivity index (χ3v) is 4.12. The highest BCUT2D eigenvalue weighted by Crippen LogP contribution is 2.27. The molecule has 0 saturated heterocycles. The Kier molecular flexibility index (Phi) is 2.95. The minimum Gasteiger partial charge on any atom is -0.329 e. The summed E-state index contributed by atoms with van der Waals surface area (Å²) < 4.78 is 2.87. The molecule has 2 aromatic heterocycles. The van der Waals surface area contributed by atoms with Crippen molar-refractivity contribution in [2.24, 2.45) is 0 Å². The average molecular weight is 262 g/mol. The van der Waals surface area contributed by atoms with Crippen LogP contribution in [0.3, 0.4) is 0 Å². The highest BCUT2D eigenvalue weighted by Gasteiger charge is 2.29. The quantitative estimate of drug-likeness (QED) is 0.860. The lowest BCUT2D eigenvalue weighted by molar-refractivity contribution is 0.226. The van der Waals surface area contributed by atoms with E-state index in [9.17, 15) is 0 Å². The zero-order valence-corrected chi connectivity index (χ0v) is 11.6. The number of H-pyrrole nitrogens is 1. The van der Waals surface area contributed by atoms with Crippen LogP contribution in [0.5, 0.6) is 0 Å². The first-order valence-electron chi connectivity index (χ1n) is 6.42. The molecule has 0 amide bonds. The number of hydrogen-bond donors (Lipinski definition) is 1. The largest absolute Gasteiger partial charge is 0.329 e. The molecule has 4 nitrogen and oxygen atoms in total. The van der Waals surface area contributed by atoms with Crippen LogP contribution < -0.4 is 0 Å². The Morgan fingerprint density at radius 1 is 1.61 bits per heavy atom. The molecule has 1 fully saturated rings. The number of nitrogens with one attached hydrogen (secondary N) is 1. The first kappa shape index (κ1) is 11.9. The number of likely N-dealkylation sites (N-methyl/N-ethyl adjacent to an activating group) is 1. The van der Waals surface area contributed by atoms with Crippen molar-refractivity contribution < 1.29 is 0 Å². The second-order valence-electron chi connectivity index (χ2n) is 5.16. The van der Waals surface area contributed by atoms with E-state index in [0.717, 1.165) is 28.5 Å². The van der Waals surface area contributed by atoms with Gasteiger partial charge in [-0.3, -0.25) is 9.47 Å². The second-order valence-corrected chi connectivity index (χ2v) is 5.55. The van der Waals surface area contributed by atoms with Gasteiger partial charge in [0.15, 0.2) is 10.4 Å². The van der Waals surface area contributed by atoms with E-state index in [2.05, 4.69) is 33.4 Å². The number of imidazole rings is 1. The number of fused-ring (bicyclic) bond motifs is 1. The van der Waals surface area contributed by atoms with Gasteiger partial charge in [0.05, 0.1) is 5.52 Å². The summed E-state index contributed by atoms with van der Waals surface area (Å²) in [5, 5.41) is 0. The van der Waals surface area contributed by atoms with Crippen molar-refractivity contribution in [3.05, 3.63) is 23.1 Å². The molecule has 0 aliphatic heterocycles. The summed E-state index contributed by atoms with van der Waals surface area (Å²) in [5.41, 5.74) is 1.97. The normalized spacial score (nSPS) is 17.5. The molecule has 0 spiro atoms. The van der Waals surface area contributed by atoms with Crippen LogP contribution in [0.25, 0.3) is 11.2 Å². The van der Waals surface area contributed by atoms with E-state index in [1.165, 1.54) is 12.8 Å². The first-order valence-corrected chi connectivity index (χ1v) is 6.83. The van der Waals surface area contributed by atoms with Gasteiger partial charge in [0.25, 0.3) is 0 Å². The number of pyridine rings is 1. The molecule has 0 radical (unpaired) electrons. The van der Waals surface area contributed by atoms with E-state index in [-0.39, 0.29) is 0 Å². The Bertz CT molecular complexity index is 611. The van der Waals surface area contributed by atoms with Crippen molar-refractivity contribution in [1.29, 1.82) is 0 Å². The molecular weight excluding hydrogens is 244 g/mol. The molecule has 1 atom stereocenters. The first-order chi connectivity index (χ1) is 8.66. The number of aromatic nitrogens is 3. The SMILES string of the molecule is CC(Cn1c(=S)[nH]c2cccnc21)N(C)C1CC1. The van der Waals surface area contributed by atoms with Crippen molar-refractivity contribution in [1.82, 2.24) is 19.4 Å². The maximum absolute atomic E-state index is 5.39. The topological polar surface area (TPSA) is 36.9 Å². The number of nitrogens with zero attached hydrogens (tertiary/aromatic N) is 3. The van der Waals surface area contributed by atoms with Gasteiger partial charge in [-0.15, -0.1) is 0 Å². The van der Waals surface area contributed by atoms with E-state index in [4.69, 9.17) is 12.2 Å². The molecule has 3 rings (SSSR count). The van der Waals surface area contributed by atoms with Crippen LogP contribution in [0, 0.1) is 4.77 Å². The van der Waals surface area contributed by atoms with Crippen LogP contribution in [-0.4, -0.2) is 38.6 Å². The fourth-order valence-electron chi connectivity index (χ4n) is 2.39. The minimum absolute atomic E-state index is 0.477. The molecule has 1 saturated carbocycles. The molecule has 5 heteroatoms. The molecule has 1 N–H and O–H groups in total. The smallest absolute Gasteiger partial charge is 0.179 e. The zero-order chi connectivity index (χ0) is 12.7. The van der Waals surface area contributed by atoms with Crippen LogP contribution in [0.2, 0.25) is 0 Å². The van der Waals surface area contributed by atoms with Gasteiger partial charge in [-0.2, -0.15) is 0 Å². The number of aromatic amines is 1. The van der Waals surface area contributed by atoms with Gasteiger partial charge in [0, 0.05) is 24.8 Å². The van der Waals surface area contributed by atoms with Gasteiger partial charge in [-0.1, -0.05) is 0 Å². The molecule has 96 valence electrons. The maximum atomic E-state index is 5.39. The van der Waals surface area contributed by atoms with E-state index in [1.807, 2.05) is 18.3 Å². The third-order valence-electron chi connectivity index (χ3n) is 3.79. The van der Waals surface area contributed by atoms with Gasteiger partial charge < -0.3 is 4.98 Å². The lowest BCUT2D eigenvalue weighted by Gasteiger charge is -2.24. The molecule has 1 aliphatic carbocycles. The summed E-state index contributed by atoms with van der Waals surface area (Å²) in [5.74, 6) is 0. The Morgan fingerprint density at radius 2 is 2.39 bits per heavy atom. The van der Waals surface area contributed by atoms with Gasteiger partial charge in [-0.05, 0) is 51.2 Å². The van der Waals surface area contributed by atoms with Gasteiger partial charge >= 0.3 is 0 Å². The number of hydrogen-bond acceptors (Lipinski definition) is 3. The van der Waals surface area contributed by atoms with Crippen molar-refractivity contribution in [3.8, 4) is 0 Å². The van der Waals surface area contributed by atoms with Crippen molar-refractivity contribution in [2.75, 3.05) is 7.05 Å². The van der Waals surface area contributed by atoms with Crippen LogP contribution >= 0.6 is 12.2 Å². The molecular formula is C13H18N4S. The van der Waals surface area contributed by atoms with Crippen LogP contribution in [0.15, 0.2) is 18.3 Å². The summed E-state index contributed by atoms with van der Waals surface area (Å²) >= 11 is 5.39. The highest BCUT2D eigenvalue weighted by molar-refractivity contribution is 7.71. The Morgan fingerprint density at radius 3 is 3.11 bits per heavy atom. The van der Waals surface area contributed by atoms with Crippen molar-refractivity contribution in [2.45, 2.75) is 38.4 Å². The van der Waals surface area contributed by atoms with E-state index < -0.39 is 0 Å². The molecule has 0 aromatic carbocycles. The fraction of sp³-hybridized carbons (Fsp3) is 0.538. The van der Waals surface area contributed by atoms with Crippen molar-refractivity contribution in [3.63, 3.8) is 0 Å². The summed E-state index contributed by atoms with van der Waals surface area (Å²) in [6, 6.07) is 5.19. The summed E-state index contributed by atoms with van der Waals surface area (Å²) in [6.07, 6.45) is 4.48. The third kappa shape index (κ3) is 2.08. The molecule has 1 unspecified atom stereocenters. The second kappa shape index (κ2) is 4.48. The molecule has 2 heterocycles. The van der Waals surface area contributed by atoms with Crippen LogP contribution in [-0.2, 0) is 6.54 Å². The van der Waals surface area contributed by atoms with Gasteiger partial charge in [-0.25, -0.2) is 4.98 Å². The lowest BCUT2D eigenvalue weighted by Crippen LogP contribution is -2.34. The Hall–Kier alpha value is -1.20. The minimum atomic E-state index is 0.477. The van der Waals surface area contributed by atoms with E-state index in [1.54, 1.807) is 0 Å². The van der Waals surface area contributed by atoms with Crippen LogP contribution in [0.4, 0.5) is 0 Å². The van der Waals surface area contributed by atoms with Gasteiger partial charge in [0.2, 0.25) is 0 Å². The van der Waals surface area contributed by atoms with Crippen molar-refractivity contribution >= 4 is 23.4 Å². The monoisotopic (exact) mass is 262 g/mol. The highest BCUT2D eigenvalue weighted by atomic mass is 32.1. The van der Waals surface area contributed by atoms with E-state index in [0.29, 0.717) is 6.04 Å². The number of rotatable bonds is 4. The standard InChI is InChI=1S/C13H18N4S/c1-9(16(2)10-5-6-10)8-17-12-11(15-13(17)18)4-3-7-14-12/h3-4,7,9-10H,5-6,8H2,1-2H3,(H,15,18). The maximum Gasteiger partial charge on any atom is 0.179 e. The predicted octanol–water partition coefficient (Wildman–Crippen LogP) is 2.58. The lowest BCUT2D eigenvalue weighted by atomic mass is 10.3. The fourth-order valence-corrected chi connectivity index (χ4v) is 2.66. The average Bonchev–Trinajstić information content (AvgIpc) is 3.15. The zero-order valence-electron chi connectivity index (χ0n) is 10.8. The summed E-state index contributed by atoms with van der Waals surface area (Å²) in [4.78, 5) is 10.1. The molecule has 0 bridgehead atoms. The van der Waals surface area contributed by atoms with Gasteiger partial charge in [0.1, 0.15) is 0 Å². The molecule has 2 aromatic rings. The Labute approximate surface area is 112 Å². The molecule has 18 heavy (non-hydrogen) atoms. The molecule has 1 aliphatic rings. The summed E-state index contributed by atoms with van der Waals surface area (Å²) in [6.45, 7) is 3.14. The predicted molar refractivity (Wildman–Crippen MR) is 75.2 cm³/mol. The van der Waals surface area contributed by atoms with Crippen LogP contribution in [0.1, 0.15) is 19.8 Å². The Balaban J connectivity index is 1.89.